The van der Waals surface area contributed by atoms with Crippen molar-refractivity contribution in [3.63, 3.8) is 0 Å². The summed E-state index contributed by atoms with van der Waals surface area (Å²) in [7, 11) is 0. The number of aliphatic hydroxyl groups excluding tert-OH is 1. The Balaban J connectivity index is 1.12. The van der Waals surface area contributed by atoms with E-state index in [4.69, 9.17) is 0 Å². The van der Waals surface area contributed by atoms with E-state index in [1.54, 1.807) is 24.3 Å². The monoisotopic (exact) mass is 568 g/mol. The van der Waals surface area contributed by atoms with Crippen molar-refractivity contribution in [3.8, 4) is 0 Å². The molecule has 3 aliphatic heterocycles. The van der Waals surface area contributed by atoms with Gasteiger partial charge < -0.3 is 29.8 Å². The third-order valence-electron chi connectivity index (χ3n) is 9.56. The summed E-state index contributed by atoms with van der Waals surface area (Å²) in [5.74, 6) is -0.808. The van der Waals surface area contributed by atoms with Crippen LogP contribution in [0, 0.1) is 0 Å². The molecule has 0 saturated carbocycles. The Morgan fingerprint density at radius 2 is 1.57 bits per heavy atom. The van der Waals surface area contributed by atoms with Crippen molar-refractivity contribution in [2.75, 3.05) is 42.6 Å². The Bertz CT molecular complexity index is 1430. The van der Waals surface area contributed by atoms with Crippen molar-refractivity contribution in [1.82, 2.24) is 9.80 Å². The average Bonchev–Trinajstić information content (AvgIpc) is 3.37. The lowest BCUT2D eigenvalue weighted by Gasteiger charge is -2.43. The van der Waals surface area contributed by atoms with Crippen molar-refractivity contribution in [3.05, 3.63) is 95.6 Å². The van der Waals surface area contributed by atoms with Gasteiger partial charge in [-0.15, -0.1) is 0 Å². The van der Waals surface area contributed by atoms with E-state index in [0.29, 0.717) is 13.2 Å². The number of hydrogen-bond donors (Lipinski definition) is 2. The van der Waals surface area contributed by atoms with Crippen LogP contribution in [0.5, 0.6) is 0 Å². The lowest BCUT2D eigenvalue weighted by molar-refractivity contribution is -0.134. The van der Waals surface area contributed by atoms with E-state index in [1.165, 1.54) is 5.56 Å². The number of carboxylic acids is 1. The standard InChI is InChI=1S/C34H40N4O4/c1-33(2)28-11-6-7-12-29(28)37(31(33)41)20-8-19-35-21-17-34(18-22-35)32(42)36(24-38(34)27-9-4-3-5-10-27)23-25-13-15-26(16-14-25)30(39)40/h3-7,9-16,31,41H,8,17-24H2,1-2H3,(H,39,40). The Hall–Kier alpha value is -3.88. The first-order chi connectivity index (χ1) is 20.2. The number of nitrogens with zero attached hydrogens (tertiary/aromatic N) is 4. The predicted molar refractivity (Wildman–Crippen MR) is 164 cm³/mol. The second-order valence-electron chi connectivity index (χ2n) is 12.4. The van der Waals surface area contributed by atoms with Crippen LogP contribution in [0.3, 0.4) is 0 Å². The quantitative estimate of drug-likeness (QED) is 0.413. The molecule has 3 aliphatic rings. The molecule has 0 aliphatic carbocycles. The molecule has 8 nitrogen and oxygen atoms in total. The number of aromatic carboxylic acids is 1. The van der Waals surface area contributed by atoms with E-state index in [1.807, 2.05) is 35.2 Å². The number of amides is 1. The van der Waals surface area contributed by atoms with Crippen molar-refractivity contribution < 1.29 is 19.8 Å². The molecular weight excluding hydrogens is 528 g/mol. The molecule has 42 heavy (non-hydrogen) atoms. The van der Waals surface area contributed by atoms with Crippen molar-refractivity contribution >= 4 is 23.3 Å². The number of carbonyl (C=O) groups excluding carboxylic acids is 1. The lowest BCUT2D eigenvalue weighted by Crippen LogP contribution is -2.56. The van der Waals surface area contributed by atoms with Crippen molar-refractivity contribution in [2.24, 2.45) is 0 Å². The molecule has 2 saturated heterocycles. The van der Waals surface area contributed by atoms with Crippen LogP contribution in [-0.4, -0.2) is 76.5 Å². The maximum absolute atomic E-state index is 14.1. The first kappa shape index (κ1) is 28.2. The van der Waals surface area contributed by atoms with Gasteiger partial charge >= 0.3 is 5.97 Å². The minimum absolute atomic E-state index is 0.146. The summed E-state index contributed by atoms with van der Waals surface area (Å²) in [5, 5.41) is 20.3. The molecule has 3 heterocycles. The van der Waals surface area contributed by atoms with Crippen LogP contribution in [0.25, 0.3) is 0 Å². The van der Waals surface area contributed by atoms with Gasteiger partial charge in [0.25, 0.3) is 0 Å². The fourth-order valence-electron chi connectivity index (χ4n) is 7.08. The second kappa shape index (κ2) is 11.1. The highest BCUT2D eigenvalue weighted by molar-refractivity contribution is 5.93. The highest BCUT2D eigenvalue weighted by atomic mass is 16.4. The molecule has 8 heteroatoms. The zero-order chi connectivity index (χ0) is 29.5. The van der Waals surface area contributed by atoms with Crippen LogP contribution < -0.4 is 9.80 Å². The average molecular weight is 569 g/mol. The first-order valence-electron chi connectivity index (χ1n) is 14.9. The summed E-state index contributed by atoms with van der Waals surface area (Å²) in [6.07, 6.45) is 1.89. The summed E-state index contributed by atoms with van der Waals surface area (Å²) in [5.41, 5.74) is 3.64. The summed E-state index contributed by atoms with van der Waals surface area (Å²) >= 11 is 0. The number of carbonyl (C=O) groups is 2. The van der Waals surface area contributed by atoms with Gasteiger partial charge in [0.1, 0.15) is 11.8 Å². The third kappa shape index (κ3) is 4.92. The minimum Gasteiger partial charge on any atom is -0.478 e. The number of aliphatic hydroxyl groups is 1. The van der Waals surface area contributed by atoms with Crippen LogP contribution in [-0.2, 0) is 16.8 Å². The van der Waals surface area contributed by atoms with E-state index in [9.17, 15) is 19.8 Å². The van der Waals surface area contributed by atoms with Gasteiger partial charge in [0, 0.05) is 43.0 Å². The van der Waals surface area contributed by atoms with Crippen molar-refractivity contribution in [2.45, 2.75) is 56.8 Å². The summed E-state index contributed by atoms with van der Waals surface area (Å²) in [6, 6.07) is 25.3. The van der Waals surface area contributed by atoms with E-state index in [2.05, 4.69) is 52.8 Å². The number of para-hydroxylation sites is 2. The van der Waals surface area contributed by atoms with Gasteiger partial charge in [0.15, 0.2) is 0 Å². The van der Waals surface area contributed by atoms with Crippen LogP contribution in [0.2, 0.25) is 0 Å². The summed E-state index contributed by atoms with van der Waals surface area (Å²) in [4.78, 5) is 34.1. The third-order valence-corrected chi connectivity index (χ3v) is 9.56. The van der Waals surface area contributed by atoms with Gasteiger partial charge in [-0.2, -0.15) is 0 Å². The van der Waals surface area contributed by atoms with E-state index in [-0.39, 0.29) is 16.9 Å². The van der Waals surface area contributed by atoms with E-state index in [0.717, 1.165) is 62.4 Å². The molecule has 1 unspecified atom stereocenters. The van der Waals surface area contributed by atoms with Gasteiger partial charge in [0.05, 0.1) is 12.2 Å². The molecule has 1 atom stereocenters. The highest BCUT2D eigenvalue weighted by Gasteiger charge is 2.53. The highest BCUT2D eigenvalue weighted by Crippen LogP contribution is 2.44. The number of likely N-dealkylation sites (tertiary alicyclic amines) is 1. The fourth-order valence-corrected chi connectivity index (χ4v) is 7.08. The topological polar surface area (TPSA) is 87.6 Å². The molecule has 2 N–H and O–H groups in total. The van der Waals surface area contributed by atoms with Gasteiger partial charge in [-0.05, 0) is 67.3 Å². The molecule has 0 radical (unpaired) electrons. The Morgan fingerprint density at radius 1 is 0.905 bits per heavy atom. The largest absolute Gasteiger partial charge is 0.478 e. The fraction of sp³-hybridized carbons (Fsp3) is 0.412. The minimum atomic E-state index is -0.954. The summed E-state index contributed by atoms with van der Waals surface area (Å²) < 4.78 is 0. The Labute approximate surface area is 247 Å². The number of piperidine rings is 1. The number of hydrogen-bond acceptors (Lipinski definition) is 6. The van der Waals surface area contributed by atoms with Gasteiger partial charge in [-0.25, -0.2) is 4.79 Å². The van der Waals surface area contributed by atoms with E-state index >= 15 is 0 Å². The molecule has 6 rings (SSSR count). The predicted octanol–water partition coefficient (Wildman–Crippen LogP) is 4.53. The SMILES string of the molecule is CC1(C)c2ccccc2N(CCCN2CCC3(CC2)C(=O)N(Cc2ccc(C(=O)O)cc2)CN3c2ccccc2)C1O. The van der Waals surface area contributed by atoms with Crippen LogP contribution >= 0.6 is 0 Å². The molecule has 0 aromatic heterocycles. The maximum atomic E-state index is 14.1. The molecule has 3 aromatic carbocycles. The number of carboxylic acid groups (broad SMARTS) is 1. The van der Waals surface area contributed by atoms with Crippen LogP contribution in [0.15, 0.2) is 78.9 Å². The number of rotatable bonds is 8. The first-order valence-corrected chi connectivity index (χ1v) is 14.9. The maximum Gasteiger partial charge on any atom is 0.335 e. The molecule has 2 fully saturated rings. The van der Waals surface area contributed by atoms with Crippen LogP contribution in [0.4, 0.5) is 11.4 Å². The number of fused-ring (bicyclic) bond motifs is 1. The molecule has 1 amide bonds. The smallest absolute Gasteiger partial charge is 0.335 e. The molecule has 3 aromatic rings. The van der Waals surface area contributed by atoms with Gasteiger partial charge in [-0.3, -0.25) is 4.79 Å². The molecule has 0 bridgehead atoms. The molecule has 1 spiro atoms. The Kier molecular flexibility index (Phi) is 7.45. The van der Waals surface area contributed by atoms with Gasteiger partial charge in [-0.1, -0.05) is 62.4 Å². The number of anilines is 2. The number of benzene rings is 3. The normalized spacial score (nSPS) is 21.3. The van der Waals surface area contributed by atoms with Crippen LogP contribution in [0.1, 0.15) is 54.6 Å². The van der Waals surface area contributed by atoms with E-state index < -0.39 is 17.7 Å². The Morgan fingerprint density at radius 3 is 2.26 bits per heavy atom. The molecular formula is C34H40N4O4. The zero-order valence-corrected chi connectivity index (χ0v) is 24.4. The van der Waals surface area contributed by atoms with Gasteiger partial charge in [0.2, 0.25) is 5.91 Å². The molecule has 220 valence electrons. The van der Waals surface area contributed by atoms with Crippen molar-refractivity contribution in [1.29, 1.82) is 0 Å². The second-order valence-corrected chi connectivity index (χ2v) is 12.4. The lowest BCUT2D eigenvalue weighted by atomic mass is 9.85. The summed E-state index contributed by atoms with van der Waals surface area (Å²) in [6.45, 7) is 8.53. The zero-order valence-electron chi connectivity index (χ0n) is 24.4.